The van der Waals surface area contributed by atoms with Gasteiger partial charge in [-0.05, 0) is 31.4 Å². The molecule has 0 amide bonds. The third-order valence-electron chi connectivity index (χ3n) is 4.69. The van der Waals surface area contributed by atoms with Crippen LogP contribution in [0, 0.1) is 0 Å². The summed E-state index contributed by atoms with van der Waals surface area (Å²) in [6.45, 7) is 7.79. The lowest BCUT2D eigenvalue weighted by Crippen LogP contribution is -2.13. The van der Waals surface area contributed by atoms with E-state index in [-0.39, 0.29) is 0 Å². The van der Waals surface area contributed by atoms with Crippen LogP contribution in [0.25, 0.3) is 5.57 Å². The van der Waals surface area contributed by atoms with Gasteiger partial charge >= 0.3 is 0 Å². The molecule has 23 heavy (non-hydrogen) atoms. The molecule has 0 aliphatic rings. The zero-order chi connectivity index (χ0) is 16.8. The predicted molar refractivity (Wildman–Crippen MR) is 105 cm³/mol. The van der Waals surface area contributed by atoms with Gasteiger partial charge in [-0.2, -0.15) is 0 Å². The lowest BCUT2D eigenvalue weighted by Gasteiger charge is -2.11. The molecule has 130 valence electrons. The van der Waals surface area contributed by atoms with Crippen molar-refractivity contribution in [2.75, 3.05) is 6.54 Å². The fourth-order valence-electron chi connectivity index (χ4n) is 2.93. The molecule has 0 saturated carbocycles. The number of hydrogen-bond donors (Lipinski definition) is 1. The molecule has 1 aromatic carbocycles. The molecule has 1 heteroatoms. The number of nitrogens with one attached hydrogen (secondary N) is 1. The van der Waals surface area contributed by atoms with Crippen molar-refractivity contribution in [3.63, 3.8) is 0 Å². The Morgan fingerprint density at radius 3 is 1.83 bits per heavy atom. The van der Waals surface area contributed by atoms with Crippen LogP contribution >= 0.6 is 0 Å². The van der Waals surface area contributed by atoms with Crippen LogP contribution < -0.4 is 5.32 Å². The lowest BCUT2D eigenvalue weighted by atomic mass is 10.1. The Hall–Kier alpha value is -1.24. The summed E-state index contributed by atoms with van der Waals surface area (Å²) in [4.78, 5) is 0. The van der Waals surface area contributed by atoms with Crippen LogP contribution in [-0.2, 0) is 0 Å². The second-order valence-corrected chi connectivity index (χ2v) is 6.72. The quantitative estimate of drug-likeness (QED) is 0.388. The maximum Gasteiger partial charge on any atom is 0.0143 e. The number of hydrogen-bond acceptors (Lipinski definition) is 1. The van der Waals surface area contributed by atoms with Gasteiger partial charge in [0.1, 0.15) is 0 Å². The predicted octanol–water partition coefficient (Wildman–Crippen LogP) is 6.95. The molecule has 0 heterocycles. The van der Waals surface area contributed by atoms with Crippen molar-refractivity contribution in [3.8, 4) is 0 Å². The summed E-state index contributed by atoms with van der Waals surface area (Å²) in [6, 6.07) is 10.6. The van der Waals surface area contributed by atoms with Crippen LogP contribution in [-0.4, -0.2) is 6.54 Å². The molecule has 1 aromatic rings. The zero-order valence-electron chi connectivity index (χ0n) is 15.7. The van der Waals surface area contributed by atoms with Crippen LogP contribution in [0.5, 0.6) is 0 Å². The normalized spacial score (nSPS) is 12.1. The summed E-state index contributed by atoms with van der Waals surface area (Å²) in [5.41, 5.74) is 3.99. The maximum absolute atomic E-state index is 3.59. The van der Waals surface area contributed by atoms with Gasteiger partial charge in [0, 0.05) is 12.2 Å². The van der Waals surface area contributed by atoms with E-state index >= 15 is 0 Å². The fourth-order valence-corrected chi connectivity index (χ4v) is 2.93. The molecule has 0 fully saturated rings. The van der Waals surface area contributed by atoms with Gasteiger partial charge in [-0.15, -0.1) is 0 Å². The number of allylic oxidation sites excluding steroid dienone is 2. The van der Waals surface area contributed by atoms with E-state index < -0.39 is 0 Å². The summed E-state index contributed by atoms with van der Waals surface area (Å²) >= 11 is 0. The third-order valence-corrected chi connectivity index (χ3v) is 4.69. The second kappa shape index (κ2) is 13.2. The molecule has 0 aliphatic heterocycles. The van der Waals surface area contributed by atoms with Crippen molar-refractivity contribution in [2.24, 2.45) is 0 Å². The molecule has 0 saturated heterocycles. The Labute approximate surface area is 144 Å². The van der Waals surface area contributed by atoms with Crippen LogP contribution in [0.4, 0.5) is 0 Å². The van der Waals surface area contributed by atoms with Crippen molar-refractivity contribution in [1.82, 2.24) is 5.32 Å². The smallest absolute Gasteiger partial charge is 0.0143 e. The summed E-state index contributed by atoms with van der Waals surface area (Å²) in [6.07, 6.45) is 14.0. The van der Waals surface area contributed by atoms with E-state index in [1.54, 1.807) is 0 Å². The number of benzene rings is 1. The first kappa shape index (κ1) is 19.8. The Morgan fingerprint density at radius 1 is 0.739 bits per heavy atom. The molecule has 0 aliphatic carbocycles. The number of unbranched alkanes of at least 4 members (excludes halogenated alkanes) is 9. The third kappa shape index (κ3) is 9.48. The topological polar surface area (TPSA) is 12.0 Å². The highest BCUT2D eigenvalue weighted by Gasteiger charge is 1.99. The van der Waals surface area contributed by atoms with Crippen molar-refractivity contribution < 1.29 is 0 Å². The Morgan fingerprint density at radius 2 is 1.26 bits per heavy atom. The first-order valence-electron chi connectivity index (χ1n) is 9.72. The van der Waals surface area contributed by atoms with Gasteiger partial charge in [0.15, 0.2) is 0 Å². The molecule has 0 atom stereocenters. The monoisotopic (exact) mass is 315 g/mol. The average molecular weight is 316 g/mol. The second-order valence-electron chi connectivity index (χ2n) is 6.72. The van der Waals surface area contributed by atoms with Gasteiger partial charge in [-0.3, -0.25) is 0 Å². The highest BCUT2D eigenvalue weighted by molar-refractivity contribution is 5.65. The molecule has 0 unspecified atom stereocenters. The molecule has 0 aromatic heterocycles. The molecular weight excluding hydrogens is 278 g/mol. The lowest BCUT2D eigenvalue weighted by molar-refractivity contribution is 0.552. The highest BCUT2D eigenvalue weighted by Crippen LogP contribution is 2.16. The van der Waals surface area contributed by atoms with Gasteiger partial charge in [-0.25, -0.2) is 0 Å². The molecular formula is C22H37N. The minimum atomic E-state index is 1.10. The minimum absolute atomic E-state index is 1.10. The van der Waals surface area contributed by atoms with E-state index in [9.17, 15) is 0 Å². The largest absolute Gasteiger partial charge is 0.388 e. The Bertz CT molecular complexity index is 419. The standard InChI is InChI=1S/C22H37N/c1-4-5-6-7-8-9-10-11-12-16-19-23-21(3)20(2)22-17-14-13-15-18-22/h13-15,17-18,23H,4-12,16,19H2,1-3H3. The van der Waals surface area contributed by atoms with Gasteiger partial charge in [0.25, 0.3) is 0 Å². The first-order chi connectivity index (χ1) is 11.3. The van der Waals surface area contributed by atoms with Gasteiger partial charge in [0.05, 0.1) is 0 Å². The summed E-state index contributed by atoms with van der Waals surface area (Å²) in [5.74, 6) is 0. The van der Waals surface area contributed by atoms with Crippen LogP contribution in [0.1, 0.15) is 90.5 Å². The van der Waals surface area contributed by atoms with Gasteiger partial charge in [0.2, 0.25) is 0 Å². The number of rotatable bonds is 13. The summed E-state index contributed by atoms with van der Waals surface area (Å²) in [7, 11) is 0. The van der Waals surface area contributed by atoms with Crippen molar-refractivity contribution in [3.05, 3.63) is 41.6 Å². The maximum atomic E-state index is 3.59. The minimum Gasteiger partial charge on any atom is -0.388 e. The van der Waals surface area contributed by atoms with Gasteiger partial charge in [-0.1, -0.05) is 95.0 Å². The Balaban J connectivity index is 2.02. The van der Waals surface area contributed by atoms with E-state index in [4.69, 9.17) is 0 Å². The van der Waals surface area contributed by atoms with Crippen molar-refractivity contribution in [1.29, 1.82) is 0 Å². The molecule has 0 radical (unpaired) electrons. The molecule has 0 spiro atoms. The molecule has 1 rings (SSSR count). The van der Waals surface area contributed by atoms with Crippen LogP contribution in [0.3, 0.4) is 0 Å². The molecule has 1 N–H and O–H groups in total. The summed E-state index contributed by atoms with van der Waals surface area (Å²) < 4.78 is 0. The molecule has 1 nitrogen and oxygen atoms in total. The van der Waals surface area contributed by atoms with E-state index in [2.05, 4.69) is 56.4 Å². The summed E-state index contributed by atoms with van der Waals surface area (Å²) in [5, 5.41) is 3.59. The van der Waals surface area contributed by atoms with Crippen LogP contribution in [0.15, 0.2) is 36.0 Å². The Kier molecular flexibility index (Phi) is 11.4. The van der Waals surface area contributed by atoms with Gasteiger partial charge < -0.3 is 5.32 Å². The van der Waals surface area contributed by atoms with E-state index in [1.165, 1.54) is 81.0 Å². The van der Waals surface area contributed by atoms with E-state index in [0.29, 0.717) is 0 Å². The SMILES string of the molecule is CCCCCCCCCCCCNC(C)=C(C)c1ccccc1. The van der Waals surface area contributed by atoms with Crippen LogP contribution in [0.2, 0.25) is 0 Å². The average Bonchev–Trinajstić information content (AvgIpc) is 2.59. The highest BCUT2D eigenvalue weighted by atomic mass is 14.9. The fraction of sp³-hybridized carbons (Fsp3) is 0.636. The van der Waals surface area contributed by atoms with E-state index in [0.717, 1.165) is 6.54 Å². The first-order valence-corrected chi connectivity index (χ1v) is 9.72. The molecule has 0 bridgehead atoms. The van der Waals surface area contributed by atoms with E-state index in [1.807, 2.05) is 0 Å². The van der Waals surface area contributed by atoms with Crippen molar-refractivity contribution >= 4 is 5.57 Å². The zero-order valence-corrected chi connectivity index (χ0v) is 15.7. The van der Waals surface area contributed by atoms with Crippen molar-refractivity contribution in [2.45, 2.75) is 85.0 Å².